The number of nitrogens with zero attached hydrogens (tertiary/aromatic N) is 2. The second-order valence-electron chi connectivity index (χ2n) is 6.73. The maximum atomic E-state index is 11.7. The molecule has 0 unspecified atom stereocenters. The Kier molecular flexibility index (Phi) is 6.03. The number of rotatable bonds is 5. The summed E-state index contributed by atoms with van der Waals surface area (Å²) in [6, 6.07) is 13.4. The second-order valence-corrected chi connectivity index (χ2v) is 8.97. The van der Waals surface area contributed by atoms with Gasteiger partial charge in [0, 0.05) is 33.5 Å². The molecule has 154 valence electrons. The quantitative estimate of drug-likeness (QED) is 0.475. The van der Waals surface area contributed by atoms with Crippen LogP contribution in [0.1, 0.15) is 29.6 Å². The second kappa shape index (κ2) is 8.71. The number of anilines is 2. The number of aromatic nitrogens is 1. The van der Waals surface area contributed by atoms with Crippen molar-refractivity contribution in [2.75, 3.05) is 17.3 Å². The Balaban J connectivity index is 1.81. The molecule has 0 radical (unpaired) electrons. The van der Waals surface area contributed by atoms with Gasteiger partial charge in [-0.25, -0.2) is 0 Å². The number of methoxy groups -OCH3 is 1. The van der Waals surface area contributed by atoms with Crippen molar-refractivity contribution in [1.29, 1.82) is 0 Å². The average molecular weight is 503 g/mol. The van der Waals surface area contributed by atoms with Crippen LogP contribution in [-0.2, 0) is 4.79 Å². The molecule has 30 heavy (non-hydrogen) atoms. The molecule has 2 aromatic heterocycles. The smallest absolute Gasteiger partial charge is 0.221 e. The van der Waals surface area contributed by atoms with Crippen LogP contribution in [0.15, 0.2) is 58.5 Å². The van der Waals surface area contributed by atoms with E-state index in [0.29, 0.717) is 16.5 Å². The summed E-state index contributed by atoms with van der Waals surface area (Å²) in [5.74, 6) is 0.418. The van der Waals surface area contributed by atoms with E-state index < -0.39 is 0 Å². The third-order valence-corrected chi connectivity index (χ3v) is 6.83. The molecule has 6 nitrogen and oxygen atoms in total. The monoisotopic (exact) mass is 502 g/mol. The molecule has 9 heteroatoms. The van der Waals surface area contributed by atoms with Crippen LogP contribution >= 0.6 is 39.5 Å². The molecular weight excluding hydrogens is 484 g/mol. The summed E-state index contributed by atoms with van der Waals surface area (Å²) in [7, 11) is 1.57. The van der Waals surface area contributed by atoms with Crippen molar-refractivity contribution in [3.63, 3.8) is 0 Å². The number of amides is 1. The highest BCUT2D eigenvalue weighted by Crippen LogP contribution is 2.45. The highest BCUT2D eigenvalue weighted by Gasteiger charge is 2.41. The van der Waals surface area contributed by atoms with Crippen molar-refractivity contribution < 1.29 is 9.53 Å². The fourth-order valence-electron chi connectivity index (χ4n) is 3.54. The van der Waals surface area contributed by atoms with Gasteiger partial charge in [0.25, 0.3) is 0 Å². The molecule has 4 rings (SSSR count). The van der Waals surface area contributed by atoms with E-state index in [1.165, 1.54) is 6.92 Å². The zero-order chi connectivity index (χ0) is 21.3. The van der Waals surface area contributed by atoms with Crippen LogP contribution in [0.3, 0.4) is 0 Å². The molecule has 2 N–H and O–H groups in total. The Bertz CT molecular complexity index is 1090. The SMILES string of the molecule is COc1ccc(N2C(=S)N[C@H](c3ccccn3)[C@@H]2c2cc(Br)cs2)cc1NC(C)=O. The lowest BCUT2D eigenvalue weighted by molar-refractivity contribution is -0.114. The molecule has 1 aliphatic rings. The van der Waals surface area contributed by atoms with E-state index in [0.717, 1.165) is 20.7 Å². The fraction of sp³-hybridized carbons (Fsp3) is 0.190. The minimum atomic E-state index is -0.169. The minimum Gasteiger partial charge on any atom is -0.495 e. The van der Waals surface area contributed by atoms with Crippen molar-refractivity contribution in [1.82, 2.24) is 10.3 Å². The molecule has 3 aromatic rings. The van der Waals surface area contributed by atoms with Crippen LogP contribution in [0.4, 0.5) is 11.4 Å². The van der Waals surface area contributed by atoms with Crippen molar-refractivity contribution >= 4 is 61.9 Å². The van der Waals surface area contributed by atoms with Crippen LogP contribution in [0.2, 0.25) is 0 Å². The summed E-state index contributed by atoms with van der Waals surface area (Å²) in [6.07, 6.45) is 1.78. The molecule has 0 bridgehead atoms. The number of ether oxygens (including phenoxy) is 1. The van der Waals surface area contributed by atoms with Crippen LogP contribution in [0.5, 0.6) is 5.75 Å². The number of carbonyl (C=O) groups excluding carboxylic acids is 1. The molecule has 1 aromatic carbocycles. The first kappa shape index (κ1) is 20.8. The van der Waals surface area contributed by atoms with E-state index in [1.54, 1.807) is 24.6 Å². The molecular formula is C21H19BrN4O2S2. The molecule has 0 saturated carbocycles. The van der Waals surface area contributed by atoms with E-state index in [9.17, 15) is 4.79 Å². The van der Waals surface area contributed by atoms with Gasteiger partial charge in [-0.3, -0.25) is 9.78 Å². The summed E-state index contributed by atoms with van der Waals surface area (Å²) in [5.41, 5.74) is 2.36. The molecule has 1 fully saturated rings. The van der Waals surface area contributed by atoms with Crippen LogP contribution in [0, 0.1) is 0 Å². The van der Waals surface area contributed by atoms with Crippen molar-refractivity contribution in [2.24, 2.45) is 0 Å². The number of benzene rings is 1. The predicted molar refractivity (Wildman–Crippen MR) is 127 cm³/mol. The number of nitrogens with one attached hydrogen (secondary N) is 2. The van der Waals surface area contributed by atoms with E-state index in [-0.39, 0.29) is 18.0 Å². The Morgan fingerprint density at radius 1 is 1.33 bits per heavy atom. The number of hydrogen-bond donors (Lipinski definition) is 2. The van der Waals surface area contributed by atoms with Gasteiger partial charge in [-0.1, -0.05) is 6.07 Å². The zero-order valence-corrected chi connectivity index (χ0v) is 19.5. The van der Waals surface area contributed by atoms with Gasteiger partial charge >= 0.3 is 0 Å². The normalized spacial score (nSPS) is 18.2. The third kappa shape index (κ3) is 4.05. The van der Waals surface area contributed by atoms with Crippen LogP contribution in [0.25, 0.3) is 0 Å². The average Bonchev–Trinajstić information content (AvgIpc) is 3.31. The van der Waals surface area contributed by atoms with Gasteiger partial charge in [-0.15, -0.1) is 11.3 Å². The van der Waals surface area contributed by atoms with E-state index in [2.05, 4.69) is 47.9 Å². The van der Waals surface area contributed by atoms with Gasteiger partial charge in [0.2, 0.25) is 5.91 Å². The molecule has 2 atom stereocenters. The summed E-state index contributed by atoms with van der Waals surface area (Å²) >= 11 is 11.0. The van der Waals surface area contributed by atoms with E-state index in [1.807, 2.05) is 36.4 Å². The lowest BCUT2D eigenvalue weighted by Crippen LogP contribution is -2.29. The summed E-state index contributed by atoms with van der Waals surface area (Å²) < 4.78 is 6.42. The molecule has 1 saturated heterocycles. The summed E-state index contributed by atoms with van der Waals surface area (Å²) in [4.78, 5) is 19.4. The topological polar surface area (TPSA) is 66.5 Å². The molecule has 0 spiro atoms. The Labute approximate surface area is 192 Å². The number of hydrogen-bond acceptors (Lipinski definition) is 5. The van der Waals surface area contributed by atoms with Crippen molar-refractivity contribution in [2.45, 2.75) is 19.0 Å². The first-order valence-electron chi connectivity index (χ1n) is 9.18. The molecule has 0 aliphatic carbocycles. The minimum absolute atomic E-state index is 0.0951. The number of halogens is 1. The van der Waals surface area contributed by atoms with Crippen LogP contribution in [-0.4, -0.2) is 23.1 Å². The summed E-state index contributed by atoms with van der Waals surface area (Å²) in [5, 5.41) is 8.92. The lowest BCUT2D eigenvalue weighted by Gasteiger charge is -2.27. The predicted octanol–water partition coefficient (Wildman–Crippen LogP) is 5.05. The van der Waals surface area contributed by atoms with Gasteiger partial charge in [0.1, 0.15) is 5.75 Å². The van der Waals surface area contributed by atoms with E-state index in [4.69, 9.17) is 17.0 Å². The van der Waals surface area contributed by atoms with Gasteiger partial charge in [0.15, 0.2) is 5.11 Å². The Hall–Kier alpha value is -2.49. The first-order valence-corrected chi connectivity index (χ1v) is 11.3. The zero-order valence-electron chi connectivity index (χ0n) is 16.3. The maximum Gasteiger partial charge on any atom is 0.221 e. The molecule has 1 amide bonds. The number of thiophene rings is 1. The van der Waals surface area contributed by atoms with Gasteiger partial charge < -0.3 is 20.3 Å². The maximum absolute atomic E-state index is 11.7. The molecule has 3 heterocycles. The van der Waals surface area contributed by atoms with Gasteiger partial charge in [-0.2, -0.15) is 0 Å². The van der Waals surface area contributed by atoms with Gasteiger partial charge in [-0.05, 0) is 64.5 Å². The number of carbonyl (C=O) groups is 1. The lowest BCUT2D eigenvalue weighted by atomic mass is 10.0. The fourth-order valence-corrected chi connectivity index (χ4v) is 5.46. The highest BCUT2D eigenvalue weighted by molar-refractivity contribution is 9.10. The van der Waals surface area contributed by atoms with Crippen molar-refractivity contribution in [3.8, 4) is 5.75 Å². The van der Waals surface area contributed by atoms with Crippen LogP contribution < -0.4 is 20.3 Å². The first-order chi connectivity index (χ1) is 14.5. The van der Waals surface area contributed by atoms with Gasteiger partial charge in [0.05, 0.1) is 30.6 Å². The summed E-state index contributed by atoms with van der Waals surface area (Å²) in [6.45, 7) is 1.47. The highest BCUT2D eigenvalue weighted by atomic mass is 79.9. The number of thiocarbonyl (C=S) groups is 1. The largest absolute Gasteiger partial charge is 0.495 e. The Morgan fingerprint density at radius 3 is 2.80 bits per heavy atom. The third-order valence-electron chi connectivity index (χ3n) is 4.75. The molecule has 1 aliphatic heterocycles. The number of pyridine rings is 1. The van der Waals surface area contributed by atoms with Crippen molar-refractivity contribution in [3.05, 3.63) is 69.1 Å². The Morgan fingerprint density at radius 2 is 2.17 bits per heavy atom. The van der Waals surface area contributed by atoms with E-state index >= 15 is 0 Å². The standard InChI is InChI=1S/C21H19BrN4O2S2/c1-12(27)24-16-10-14(6-7-17(16)28-2)26-20(18-9-13(22)11-30-18)19(25-21(26)29)15-5-3-4-8-23-15/h3-11,19-20H,1-2H3,(H,24,27)(H,25,29)/t19-,20+/m1/s1.